The molecule has 0 aliphatic rings. The standard InChI is InChI=1S/C17H28FN3O2S.HI/c1-12-7-8-14(11-15(12)18)13(2)21-16(19-6)20-9-10-24(22,23)17(3,4)5;/h7-8,11,13H,9-10H2,1-6H3,(H2,19,20,21);1H. The van der Waals surface area contributed by atoms with Crippen molar-refractivity contribution in [1.82, 2.24) is 10.6 Å². The first-order valence-electron chi connectivity index (χ1n) is 7.93. The SMILES string of the molecule is CN=C(NCCS(=O)(=O)C(C)(C)C)NC(C)c1ccc(C)c(F)c1.I. The summed E-state index contributed by atoms with van der Waals surface area (Å²) >= 11 is 0. The van der Waals surface area contributed by atoms with Crippen molar-refractivity contribution in [3.8, 4) is 0 Å². The van der Waals surface area contributed by atoms with E-state index in [1.54, 1.807) is 40.8 Å². The van der Waals surface area contributed by atoms with E-state index in [1.807, 2.05) is 13.0 Å². The molecule has 1 atom stereocenters. The van der Waals surface area contributed by atoms with Crippen molar-refractivity contribution < 1.29 is 12.8 Å². The number of aryl methyl sites for hydroxylation is 1. The zero-order chi connectivity index (χ0) is 18.5. The lowest BCUT2D eigenvalue weighted by atomic mass is 10.1. The van der Waals surface area contributed by atoms with Crippen molar-refractivity contribution in [3.05, 3.63) is 35.1 Å². The van der Waals surface area contributed by atoms with Crippen molar-refractivity contribution in [2.75, 3.05) is 19.3 Å². The highest BCUT2D eigenvalue weighted by Gasteiger charge is 2.28. The third-order valence-electron chi connectivity index (χ3n) is 3.87. The third-order valence-corrected chi connectivity index (χ3v) is 6.48. The molecule has 1 rings (SSSR count). The Kier molecular flexibility index (Phi) is 9.35. The van der Waals surface area contributed by atoms with Crippen molar-refractivity contribution in [2.24, 2.45) is 4.99 Å². The average Bonchev–Trinajstić information content (AvgIpc) is 2.47. The van der Waals surface area contributed by atoms with Gasteiger partial charge in [-0.15, -0.1) is 24.0 Å². The molecule has 0 spiro atoms. The number of sulfone groups is 1. The second kappa shape index (κ2) is 9.70. The normalized spacial score (nSPS) is 13.8. The maximum atomic E-state index is 13.7. The van der Waals surface area contributed by atoms with Gasteiger partial charge in [-0.1, -0.05) is 12.1 Å². The highest BCUT2D eigenvalue weighted by molar-refractivity contribution is 14.0. The quantitative estimate of drug-likeness (QED) is 0.382. The van der Waals surface area contributed by atoms with Crippen LogP contribution in [-0.2, 0) is 9.84 Å². The van der Waals surface area contributed by atoms with Crippen molar-refractivity contribution in [3.63, 3.8) is 0 Å². The fourth-order valence-electron chi connectivity index (χ4n) is 1.97. The van der Waals surface area contributed by atoms with E-state index in [0.717, 1.165) is 5.56 Å². The van der Waals surface area contributed by atoms with Crippen LogP contribution in [0.4, 0.5) is 4.39 Å². The van der Waals surface area contributed by atoms with Crippen molar-refractivity contribution in [2.45, 2.75) is 45.4 Å². The van der Waals surface area contributed by atoms with Crippen LogP contribution < -0.4 is 10.6 Å². The summed E-state index contributed by atoms with van der Waals surface area (Å²) in [5.41, 5.74) is 1.39. The second-order valence-electron chi connectivity index (χ2n) is 6.80. The van der Waals surface area contributed by atoms with Gasteiger partial charge in [0, 0.05) is 13.6 Å². The topological polar surface area (TPSA) is 70.6 Å². The molecule has 2 N–H and O–H groups in total. The summed E-state index contributed by atoms with van der Waals surface area (Å²) < 4.78 is 37.1. The highest BCUT2D eigenvalue weighted by atomic mass is 127. The van der Waals surface area contributed by atoms with Crippen LogP contribution in [0, 0.1) is 12.7 Å². The van der Waals surface area contributed by atoms with Crippen LogP contribution in [0.5, 0.6) is 0 Å². The number of benzene rings is 1. The number of hydrogen-bond acceptors (Lipinski definition) is 3. The van der Waals surface area contributed by atoms with E-state index in [4.69, 9.17) is 0 Å². The number of hydrogen-bond donors (Lipinski definition) is 2. The lowest BCUT2D eigenvalue weighted by molar-refractivity contribution is 0.558. The Labute approximate surface area is 167 Å². The van der Waals surface area contributed by atoms with E-state index in [0.29, 0.717) is 11.5 Å². The van der Waals surface area contributed by atoms with Gasteiger partial charge in [-0.05, 0) is 51.8 Å². The van der Waals surface area contributed by atoms with Gasteiger partial charge in [-0.25, -0.2) is 12.8 Å². The van der Waals surface area contributed by atoms with Gasteiger partial charge in [0.2, 0.25) is 0 Å². The number of rotatable bonds is 5. The number of guanidine groups is 1. The monoisotopic (exact) mass is 485 g/mol. The highest BCUT2D eigenvalue weighted by Crippen LogP contribution is 2.17. The molecule has 144 valence electrons. The minimum Gasteiger partial charge on any atom is -0.355 e. The summed E-state index contributed by atoms with van der Waals surface area (Å²) in [5, 5.41) is 6.12. The predicted molar refractivity (Wildman–Crippen MR) is 113 cm³/mol. The Balaban J connectivity index is 0.00000576. The summed E-state index contributed by atoms with van der Waals surface area (Å²) in [6.45, 7) is 8.92. The molecular weight excluding hydrogens is 456 g/mol. The van der Waals surface area contributed by atoms with E-state index < -0.39 is 14.6 Å². The van der Waals surface area contributed by atoms with Gasteiger partial charge >= 0.3 is 0 Å². The van der Waals surface area contributed by atoms with E-state index in [1.165, 1.54) is 6.07 Å². The maximum absolute atomic E-state index is 13.7. The molecule has 0 fully saturated rings. The summed E-state index contributed by atoms with van der Waals surface area (Å²) in [4.78, 5) is 4.08. The van der Waals surface area contributed by atoms with Gasteiger partial charge in [0.25, 0.3) is 0 Å². The summed E-state index contributed by atoms with van der Waals surface area (Å²) in [6, 6.07) is 4.91. The van der Waals surface area contributed by atoms with Gasteiger partial charge in [0.05, 0.1) is 16.5 Å². The van der Waals surface area contributed by atoms with Crippen LogP contribution >= 0.6 is 24.0 Å². The van der Waals surface area contributed by atoms with Crippen molar-refractivity contribution in [1.29, 1.82) is 0 Å². The fourth-order valence-corrected chi connectivity index (χ4v) is 2.95. The summed E-state index contributed by atoms with van der Waals surface area (Å²) in [5.74, 6) is 0.248. The minimum atomic E-state index is -3.19. The summed E-state index contributed by atoms with van der Waals surface area (Å²) in [7, 11) is -1.58. The van der Waals surface area contributed by atoms with E-state index in [9.17, 15) is 12.8 Å². The van der Waals surface area contributed by atoms with Gasteiger partial charge in [-0.3, -0.25) is 4.99 Å². The number of nitrogens with zero attached hydrogens (tertiary/aromatic N) is 1. The molecule has 0 saturated carbocycles. The molecular formula is C17H29FIN3O2S. The van der Waals surface area contributed by atoms with E-state index in [-0.39, 0.29) is 48.1 Å². The molecule has 0 bridgehead atoms. The molecule has 0 aromatic heterocycles. The Bertz CT molecular complexity index is 700. The Morgan fingerprint density at radius 3 is 2.40 bits per heavy atom. The molecule has 0 radical (unpaired) electrons. The number of nitrogens with one attached hydrogen (secondary N) is 2. The molecule has 25 heavy (non-hydrogen) atoms. The first-order valence-corrected chi connectivity index (χ1v) is 9.58. The van der Waals surface area contributed by atoms with Crippen LogP contribution in [-0.4, -0.2) is 38.5 Å². The molecule has 1 unspecified atom stereocenters. The predicted octanol–water partition coefficient (Wildman–Crippen LogP) is 3.19. The minimum absolute atomic E-state index is 0. The molecule has 0 aliphatic carbocycles. The zero-order valence-corrected chi connectivity index (χ0v) is 18.8. The first kappa shape index (κ1) is 24.1. The molecule has 0 saturated heterocycles. The van der Waals surface area contributed by atoms with Gasteiger partial charge in [-0.2, -0.15) is 0 Å². The molecule has 8 heteroatoms. The largest absolute Gasteiger partial charge is 0.355 e. The zero-order valence-electron chi connectivity index (χ0n) is 15.7. The van der Waals surface area contributed by atoms with Gasteiger partial charge in [0.1, 0.15) is 5.82 Å². The molecule has 1 aromatic carbocycles. The number of halogens is 2. The van der Waals surface area contributed by atoms with Crippen molar-refractivity contribution >= 4 is 39.8 Å². The molecule has 1 aromatic rings. The number of aliphatic imine (C=N–C) groups is 1. The Hall–Kier alpha value is -0.900. The maximum Gasteiger partial charge on any atom is 0.191 e. The first-order chi connectivity index (χ1) is 11.0. The Morgan fingerprint density at radius 2 is 1.92 bits per heavy atom. The molecule has 0 aliphatic heterocycles. The van der Waals surface area contributed by atoms with Gasteiger partial charge in [0.15, 0.2) is 15.8 Å². The molecule has 0 amide bonds. The Morgan fingerprint density at radius 1 is 1.32 bits per heavy atom. The van der Waals surface area contributed by atoms with E-state index >= 15 is 0 Å². The van der Waals surface area contributed by atoms with Crippen LogP contribution in [0.15, 0.2) is 23.2 Å². The third kappa shape index (κ3) is 7.08. The molecule has 0 heterocycles. The lowest BCUT2D eigenvalue weighted by Gasteiger charge is -2.21. The van der Waals surface area contributed by atoms with Crippen LogP contribution in [0.2, 0.25) is 0 Å². The van der Waals surface area contributed by atoms with Crippen LogP contribution in [0.25, 0.3) is 0 Å². The average molecular weight is 485 g/mol. The molecule has 5 nitrogen and oxygen atoms in total. The second-order valence-corrected chi connectivity index (χ2v) is 9.67. The van der Waals surface area contributed by atoms with Gasteiger partial charge < -0.3 is 10.6 Å². The van der Waals surface area contributed by atoms with E-state index in [2.05, 4.69) is 15.6 Å². The lowest BCUT2D eigenvalue weighted by Crippen LogP contribution is -2.42. The van der Waals surface area contributed by atoms with Crippen LogP contribution in [0.1, 0.15) is 44.9 Å². The fraction of sp³-hybridized carbons (Fsp3) is 0.588. The smallest absolute Gasteiger partial charge is 0.191 e. The van der Waals surface area contributed by atoms with Crippen LogP contribution in [0.3, 0.4) is 0 Å². The summed E-state index contributed by atoms with van der Waals surface area (Å²) in [6.07, 6.45) is 0.